The van der Waals surface area contributed by atoms with Crippen molar-refractivity contribution in [3.63, 3.8) is 0 Å². The van der Waals surface area contributed by atoms with Crippen molar-refractivity contribution < 1.29 is 16.8 Å². The smallest absolute Gasteiger partial charge is 0.159 e. The minimum Gasteiger partial charge on any atom is -0.287 e. The van der Waals surface area contributed by atoms with Crippen LogP contribution in [0.3, 0.4) is 0 Å². The standard InChI is InChI=1S/C20H32O4S2/c1-11-3-5-13-15-9-18-16(10-17(15)23-25(21)19(13)7-11)14-6-4-12(2)8-20(14)26(22)24-18/h11-20H,3-10H2,1-2H3. The monoisotopic (exact) mass is 400 g/mol. The molecule has 5 fully saturated rings. The fourth-order valence-electron chi connectivity index (χ4n) is 6.82. The Morgan fingerprint density at radius 1 is 0.615 bits per heavy atom. The van der Waals surface area contributed by atoms with Gasteiger partial charge in [-0.25, -0.2) is 8.42 Å². The van der Waals surface area contributed by atoms with Gasteiger partial charge in [0.1, 0.15) is 0 Å². The van der Waals surface area contributed by atoms with Crippen molar-refractivity contribution in [2.75, 3.05) is 0 Å². The molecule has 0 bridgehead atoms. The lowest BCUT2D eigenvalue weighted by Gasteiger charge is -2.54. The molecule has 148 valence electrons. The molecule has 0 N–H and O–H groups in total. The minimum absolute atomic E-state index is 0.127. The van der Waals surface area contributed by atoms with Crippen molar-refractivity contribution in [3.05, 3.63) is 0 Å². The number of hydrogen-bond donors (Lipinski definition) is 0. The fourth-order valence-corrected chi connectivity index (χ4v) is 10.3. The van der Waals surface area contributed by atoms with Crippen LogP contribution >= 0.6 is 0 Å². The van der Waals surface area contributed by atoms with Gasteiger partial charge in [-0.2, -0.15) is 0 Å². The number of hydrogen-bond acceptors (Lipinski definition) is 4. The summed E-state index contributed by atoms with van der Waals surface area (Å²) >= 11 is -2.26. The van der Waals surface area contributed by atoms with Crippen molar-refractivity contribution in [1.29, 1.82) is 0 Å². The molecule has 0 aromatic heterocycles. The van der Waals surface area contributed by atoms with Crippen LogP contribution in [0.5, 0.6) is 0 Å². The fraction of sp³-hybridized carbons (Fsp3) is 1.00. The summed E-state index contributed by atoms with van der Waals surface area (Å²) < 4.78 is 37.8. The van der Waals surface area contributed by atoms with E-state index in [1.807, 2.05) is 0 Å². The van der Waals surface area contributed by atoms with Crippen LogP contribution in [0.25, 0.3) is 0 Å². The molecule has 12 unspecified atom stereocenters. The first kappa shape index (κ1) is 18.3. The maximum atomic E-state index is 12.8. The van der Waals surface area contributed by atoms with Gasteiger partial charge in [-0.15, -0.1) is 0 Å². The normalized spacial score (nSPS) is 59.5. The lowest BCUT2D eigenvalue weighted by atomic mass is 9.62. The highest BCUT2D eigenvalue weighted by atomic mass is 32.2. The first-order chi connectivity index (χ1) is 12.5. The van der Waals surface area contributed by atoms with Crippen LogP contribution < -0.4 is 0 Å². The Labute approximate surface area is 162 Å². The molecule has 6 heteroatoms. The highest BCUT2D eigenvalue weighted by molar-refractivity contribution is 7.81. The van der Waals surface area contributed by atoms with E-state index in [0.717, 1.165) is 25.7 Å². The molecule has 26 heavy (non-hydrogen) atoms. The highest BCUT2D eigenvalue weighted by Crippen LogP contribution is 2.53. The zero-order valence-corrected chi connectivity index (χ0v) is 17.5. The van der Waals surface area contributed by atoms with Crippen molar-refractivity contribution in [1.82, 2.24) is 0 Å². The Morgan fingerprint density at radius 3 is 1.46 bits per heavy atom. The van der Waals surface area contributed by atoms with E-state index in [0.29, 0.717) is 35.5 Å². The Bertz CT molecular complexity index is 559. The number of fused-ring (bicyclic) bond motifs is 6. The third kappa shape index (κ3) is 2.98. The van der Waals surface area contributed by atoms with Gasteiger partial charge in [0.05, 0.1) is 22.7 Å². The predicted octanol–water partition coefficient (Wildman–Crippen LogP) is 3.75. The third-order valence-corrected chi connectivity index (χ3v) is 11.2. The second kappa shape index (κ2) is 6.93. The van der Waals surface area contributed by atoms with Gasteiger partial charge >= 0.3 is 0 Å². The first-order valence-corrected chi connectivity index (χ1v) is 12.9. The summed E-state index contributed by atoms with van der Waals surface area (Å²) in [5.74, 6) is 3.21. The van der Waals surface area contributed by atoms with Gasteiger partial charge in [0, 0.05) is 0 Å². The molecule has 0 spiro atoms. The SMILES string of the molecule is CC1CCC2C3CC4OS(=O)C5CC(C)CCC5C4CC3OS(=O)C2C1. The van der Waals surface area contributed by atoms with Crippen LogP contribution in [0.1, 0.15) is 65.2 Å². The van der Waals surface area contributed by atoms with Gasteiger partial charge in [0.25, 0.3) is 0 Å². The molecule has 3 aliphatic carbocycles. The van der Waals surface area contributed by atoms with Crippen molar-refractivity contribution in [3.8, 4) is 0 Å². The molecule has 5 aliphatic rings. The molecule has 4 nitrogen and oxygen atoms in total. The molecule has 2 saturated heterocycles. The molecule has 3 saturated carbocycles. The van der Waals surface area contributed by atoms with Crippen molar-refractivity contribution >= 4 is 22.2 Å². The van der Waals surface area contributed by atoms with Crippen LogP contribution in [0.4, 0.5) is 0 Å². The zero-order chi connectivity index (χ0) is 18.0. The van der Waals surface area contributed by atoms with E-state index < -0.39 is 22.2 Å². The lowest BCUT2D eigenvalue weighted by molar-refractivity contribution is -0.0727. The van der Waals surface area contributed by atoms with Crippen LogP contribution in [0.2, 0.25) is 0 Å². The summed E-state index contributed by atoms with van der Waals surface area (Å²) in [7, 11) is 0. The Balaban J connectivity index is 1.38. The number of rotatable bonds is 0. The van der Waals surface area contributed by atoms with E-state index in [1.165, 1.54) is 25.7 Å². The molecule has 0 amide bonds. The minimum atomic E-state index is -1.13. The van der Waals surface area contributed by atoms with E-state index in [-0.39, 0.29) is 22.7 Å². The second-order valence-electron chi connectivity index (χ2n) is 9.83. The lowest BCUT2D eigenvalue weighted by Crippen LogP contribution is -2.58. The Hall–Kier alpha value is 0.220. The zero-order valence-electron chi connectivity index (χ0n) is 15.9. The molecule has 0 aromatic rings. The molecular formula is C20H32O4S2. The summed E-state index contributed by atoms with van der Waals surface area (Å²) in [6.45, 7) is 4.54. The van der Waals surface area contributed by atoms with Gasteiger partial charge in [0.2, 0.25) is 0 Å². The average molecular weight is 401 g/mol. The predicted molar refractivity (Wildman–Crippen MR) is 103 cm³/mol. The van der Waals surface area contributed by atoms with Gasteiger partial charge in [-0.05, 0) is 74.0 Å². The summed E-state index contributed by atoms with van der Waals surface area (Å²) in [6.07, 6.45) is 9.07. The van der Waals surface area contributed by atoms with Gasteiger partial charge in [-0.3, -0.25) is 8.37 Å². The third-order valence-electron chi connectivity index (χ3n) is 8.21. The summed E-state index contributed by atoms with van der Waals surface area (Å²) in [4.78, 5) is 0. The van der Waals surface area contributed by atoms with Gasteiger partial charge < -0.3 is 0 Å². The van der Waals surface area contributed by atoms with Crippen LogP contribution in [-0.4, -0.2) is 31.1 Å². The van der Waals surface area contributed by atoms with E-state index in [9.17, 15) is 8.42 Å². The molecule has 2 heterocycles. The Morgan fingerprint density at radius 2 is 1.04 bits per heavy atom. The van der Waals surface area contributed by atoms with E-state index in [1.54, 1.807) is 0 Å². The van der Waals surface area contributed by atoms with Gasteiger partial charge in [-0.1, -0.05) is 26.7 Å². The molecular weight excluding hydrogens is 368 g/mol. The van der Waals surface area contributed by atoms with Gasteiger partial charge in [0.15, 0.2) is 22.2 Å². The van der Waals surface area contributed by atoms with Crippen LogP contribution in [-0.2, 0) is 30.5 Å². The van der Waals surface area contributed by atoms with E-state index >= 15 is 0 Å². The van der Waals surface area contributed by atoms with Crippen molar-refractivity contribution in [2.45, 2.75) is 87.9 Å². The molecule has 12 atom stereocenters. The molecule has 2 aliphatic heterocycles. The van der Waals surface area contributed by atoms with E-state index in [4.69, 9.17) is 8.37 Å². The highest BCUT2D eigenvalue weighted by Gasteiger charge is 2.56. The summed E-state index contributed by atoms with van der Waals surface area (Å²) in [6, 6.07) is 0. The average Bonchev–Trinajstić information content (AvgIpc) is 2.61. The quantitative estimate of drug-likeness (QED) is 0.621. The second-order valence-corrected chi connectivity index (χ2v) is 12.5. The van der Waals surface area contributed by atoms with Crippen molar-refractivity contribution in [2.24, 2.45) is 35.5 Å². The molecule has 0 aromatic carbocycles. The first-order valence-electron chi connectivity index (χ1n) is 10.7. The Kier molecular flexibility index (Phi) is 4.86. The topological polar surface area (TPSA) is 52.6 Å². The summed E-state index contributed by atoms with van der Waals surface area (Å²) in [5, 5.41) is 0.405. The summed E-state index contributed by atoms with van der Waals surface area (Å²) in [5.41, 5.74) is 0. The van der Waals surface area contributed by atoms with Crippen LogP contribution in [0, 0.1) is 35.5 Å². The van der Waals surface area contributed by atoms with Crippen LogP contribution in [0.15, 0.2) is 0 Å². The maximum absolute atomic E-state index is 12.8. The van der Waals surface area contributed by atoms with E-state index in [2.05, 4.69) is 13.8 Å². The largest absolute Gasteiger partial charge is 0.287 e. The molecule has 0 radical (unpaired) electrons. The maximum Gasteiger partial charge on any atom is 0.159 e. The molecule has 5 rings (SSSR count).